The van der Waals surface area contributed by atoms with Crippen molar-refractivity contribution in [2.75, 3.05) is 38.1 Å². The second kappa shape index (κ2) is 8.49. The zero-order valence-corrected chi connectivity index (χ0v) is 14.6. The number of hydrogen-bond donors (Lipinski definition) is 2. The van der Waals surface area contributed by atoms with E-state index in [1.54, 1.807) is 0 Å². The van der Waals surface area contributed by atoms with Gasteiger partial charge in [-0.3, -0.25) is 9.69 Å². The zero-order valence-electron chi connectivity index (χ0n) is 14.6. The molecule has 0 atom stereocenters. The predicted molar refractivity (Wildman–Crippen MR) is 96.4 cm³/mol. The molecule has 132 valence electrons. The van der Waals surface area contributed by atoms with Crippen LogP contribution in [0.2, 0.25) is 0 Å². The van der Waals surface area contributed by atoms with Gasteiger partial charge in [-0.1, -0.05) is 12.1 Å². The summed E-state index contributed by atoms with van der Waals surface area (Å²) in [5, 5.41) is 6.66. The van der Waals surface area contributed by atoms with Crippen LogP contribution in [0.25, 0.3) is 0 Å². The first-order valence-corrected chi connectivity index (χ1v) is 9.22. The Morgan fingerprint density at radius 2 is 1.96 bits per heavy atom. The van der Waals surface area contributed by atoms with Crippen molar-refractivity contribution >= 4 is 11.6 Å². The van der Waals surface area contributed by atoms with Gasteiger partial charge in [-0.15, -0.1) is 0 Å². The average molecular weight is 331 g/mol. The van der Waals surface area contributed by atoms with Gasteiger partial charge in [0.2, 0.25) is 5.91 Å². The number of benzene rings is 1. The molecule has 0 spiro atoms. The molecule has 2 fully saturated rings. The summed E-state index contributed by atoms with van der Waals surface area (Å²) >= 11 is 0. The average Bonchev–Trinajstić information content (AvgIpc) is 3.41. The normalized spacial score (nSPS) is 19.2. The van der Waals surface area contributed by atoms with Gasteiger partial charge in [0.1, 0.15) is 5.75 Å². The van der Waals surface area contributed by atoms with Crippen LogP contribution in [0.1, 0.15) is 32.6 Å². The lowest BCUT2D eigenvalue weighted by molar-refractivity contribution is -0.117. The molecule has 1 saturated carbocycles. The number of ether oxygens (including phenoxy) is 1. The van der Waals surface area contributed by atoms with E-state index in [1.165, 1.54) is 19.4 Å². The van der Waals surface area contributed by atoms with Crippen LogP contribution in [0, 0.1) is 5.92 Å². The number of nitrogens with zero attached hydrogens (tertiary/aromatic N) is 1. The highest BCUT2D eigenvalue weighted by Gasteiger charge is 2.25. The Morgan fingerprint density at radius 1 is 1.21 bits per heavy atom. The van der Waals surface area contributed by atoms with E-state index in [0.717, 1.165) is 43.3 Å². The molecule has 1 heterocycles. The molecular weight excluding hydrogens is 302 g/mol. The summed E-state index contributed by atoms with van der Waals surface area (Å²) in [6, 6.07) is 8.23. The van der Waals surface area contributed by atoms with Crippen molar-refractivity contribution in [1.82, 2.24) is 10.2 Å². The largest absolute Gasteiger partial charge is 0.492 e. The maximum Gasteiger partial charge on any atom is 0.238 e. The first-order valence-electron chi connectivity index (χ1n) is 9.22. The Hall–Kier alpha value is -1.59. The SMILES string of the molecule is CCOc1ccccc1NC(=O)CN1CCC(NCC2CC2)CC1. The third-order valence-electron chi connectivity index (χ3n) is 4.81. The van der Waals surface area contributed by atoms with E-state index in [2.05, 4.69) is 15.5 Å². The highest BCUT2D eigenvalue weighted by atomic mass is 16.5. The molecule has 2 N–H and O–H groups in total. The van der Waals surface area contributed by atoms with Crippen LogP contribution in [-0.2, 0) is 4.79 Å². The highest BCUT2D eigenvalue weighted by Crippen LogP contribution is 2.28. The number of anilines is 1. The van der Waals surface area contributed by atoms with Gasteiger partial charge in [0.05, 0.1) is 18.8 Å². The molecule has 1 aromatic carbocycles. The van der Waals surface area contributed by atoms with Gasteiger partial charge in [-0.25, -0.2) is 0 Å². The molecule has 1 aliphatic heterocycles. The summed E-state index contributed by atoms with van der Waals surface area (Å²) in [5.74, 6) is 1.70. The molecule has 2 aliphatic rings. The topological polar surface area (TPSA) is 53.6 Å². The Bertz CT molecular complexity index is 537. The number of amides is 1. The summed E-state index contributed by atoms with van der Waals surface area (Å²) in [6.45, 7) is 6.15. The van der Waals surface area contributed by atoms with Crippen LogP contribution >= 0.6 is 0 Å². The lowest BCUT2D eigenvalue weighted by Crippen LogP contribution is -2.45. The molecule has 5 nitrogen and oxygen atoms in total. The monoisotopic (exact) mass is 331 g/mol. The second-order valence-corrected chi connectivity index (χ2v) is 6.88. The van der Waals surface area contributed by atoms with E-state index in [9.17, 15) is 4.79 Å². The van der Waals surface area contributed by atoms with Gasteiger partial charge >= 0.3 is 0 Å². The van der Waals surface area contributed by atoms with Crippen molar-refractivity contribution in [2.45, 2.75) is 38.6 Å². The summed E-state index contributed by atoms with van der Waals surface area (Å²) in [6.07, 6.45) is 5.07. The smallest absolute Gasteiger partial charge is 0.238 e. The standard InChI is InChI=1S/C19H29N3O2/c1-2-24-18-6-4-3-5-17(18)21-19(23)14-22-11-9-16(10-12-22)20-13-15-7-8-15/h3-6,15-16,20H,2,7-14H2,1H3,(H,21,23). The van der Waals surface area contributed by atoms with Crippen molar-refractivity contribution in [3.63, 3.8) is 0 Å². The fourth-order valence-corrected chi connectivity index (χ4v) is 3.19. The number of para-hydroxylation sites is 2. The van der Waals surface area contributed by atoms with Gasteiger partial charge in [0.15, 0.2) is 0 Å². The van der Waals surface area contributed by atoms with E-state index >= 15 is 0 Å². The third-order valence-corrected chi connectivity index (χ3v) is 4.81. The van der Waals surface area contributed by atoms with Gasteiger partial charge in [-0.05, 0) is 57.2 Å². The minimum absolute atomic E-state index is 0.0338. The molecule has 24 heavy (non-hydrogen) atoms. The molecular formula is C19H29N3O2. The first-order chi connectivity index (χ1) is 11.7. The Labute approximate surface area is 144 Å². The van der Waals surface area contributed by atoms with Crippen LogP contribution in [0.5, 0.6) is 5.75 Å². The summed E-state index contributed by atoms with van der Waals surface area (Å²) < 4.78 is 5.56. The predicted octanol–water partition coefficient (Wildman–Crippen LogP) is 2.49. The first kappa shape index (κ1) is 17.2. The molecule has 3 rings (SSSR count). The van der Waals surface area contributed by atoms with Crippen molar-refractivity contribution in [3.8, 4) is 5.75 Å². The van der Waals surface area contributed by atoms with E-state index in [1.807, 2.05) is 31.2 Å². The van der Waals surface area contributed by atoms with E-state index in [-0.39, 0.29) is 5.91 Å². The molecule has 0 radical (unpaired) electrons. The molecule has 5 heteroatoms. The molecule has 0 aromatic heterocycles. The fourth-order valence-electron chi connectivity index (χ4n) is 3.19. The lowest BCUT2D eigenvalue weighted by Gasteiger charge is -2.32. The number of piperidine rings is 1. The van der Waals surface area contributed by atoms with E-state index in [0.29, 0.717) is 19.2 Å². The van der Waals surface area contributed by atoms with Gasteiger partial charge in [0, 0.05) is 19.1 Å². The molecule has 0 unspecified atom stereocenters. The van der Waals surface area contributed by atoms with Crippen LogP contribution < -0.4 is 15.4 Å². The number of rotatable bonds is 8. The molecule has 1 amide bonds. The molecule has 1 aromatic rings. The number of hydrogen-bond acceptors (Lipinski definition) is 4. The van der Waals surface area contributed by atoms with Crippen LogP contribution in [0.15, 0.2) is 24.3 Å². The minimum Gasteiger partial charge on any atom is -0.492 e. The molecule has 1 aliphatic carbocycles. The van der Waals surface area contributed by atoms with E-state index < -0.39 is 0 Å². The van der Waals surface area contributed by atoms with E-state index in [4.69, 9.17) is 4.74 Å². The van der Waals surface area contributed by atoms with Gasteiger partial charge in [0.25, 0.3) is 0 Å². The van der Waals surface area contributed by atoms with Crippen LogP contribution in [0.4, 0.5) is 5.69 Å². The van der Waals surface area contributed by atoms with Crippen LogP contribution in [-0.4, -0.2) is 49.6 Å². The van der Waals surface area contributed by atoms with Crippen LogP contribution in [0.3, 0.4) is 0 Å². The van der Waals surface area contributed by atoms with Gasteiger partial charge in [-0.2, -0.15) is 0 Å². The number of carbonyl (C=O) groups excluding carboxylic acids is 1. The van der Waals surface area contributed by atoms with Crippen molar-refractivity contribution in [1.29, 1.82) is 0 Å². The van der Waals surface area contributed by atoms with Gasteiger partial charge < -0.3 is 15.4 Å². The fraction of sp³-hybridized carbons (Fsp3) is 0.632. The lowest BCUT2D eigenvalue weighted by atomic mass is 10.0. The number of nitrogens with one attached hydrogen (secondary N) is 2. The molecule has 0 bridgehead atoms. The maximum atomic E-state index is 12.3. The maximum absolute atomic E-state index is 12.3. The van der Waals surface area contributed by atoms with Crippen molar-refractivity contribution in [2.24, 2.45) is 5.92 Å². The Morgan fingerprint density at radius 3 is 2.67 bits per heavy atom. The number of likely N-dealkylation sites (tertiary alicyclic amines) is 1. The second-order valence-electron chi connectivity index (χ2n) is 6.88. The highest BCUT2D eigenvalue weighted by molar-refractivity contribution is 5.93. The quantitative estimate of drug-likeness (QED) is 0.768. The third kappa shape index (κ3) is 5.21. The summed E-state index contributed by atoms with van der Waals surface area (Å²) in [5.41, 5.74) is 0.755. The Kier molecular flexibility index (Phi) is 6.10. The zero-order chi connectivity index (χ0) is 16.8. The Balaban J connectivity index is 1.41. The summed E-state index contributed by atoms with van der Waals surface area (Å²) in [4.78, 5) is 14.6. The molecule has 1 saturated heterocycles. The minimum atomic E-state index is 0.0338. The summed E-state index contributed by atoms with van der Waals surface area (Å²) in [7, 11) is 0. The number of carbonyl (C=O) groups is 1. The van der Waals surface area contributed by atoms with Crippen molar-refractivity contribution < 1.29 is 9.53 Å². The van der Waals surface area contributed by atoms with Crippen molar-refractivity contribution in [3.05, 3.63) is 24.3 Å².